The Balaban J connectivity index is 1.40. The van der Waals surface area contributed by atoms with Crippen molar-refractivity contribution < 1.29 is 14.1 Å². The largest absolute Gasteiger partial charge is 0.481 e. The van der Waals surface area contributed by atoms with Crippen molar-refractivity contribution in [3.05, 3.63) is 65.9 Å². The zero-order valence-electron chi connectivity index (χ0n) is 15.5. The van der Waals surface area contributed by atoms with Gasteiger partial charge in [-0.25, -0.2) is 0 Å². The van der Waals surface area contributed by atoms with Crippen LogP contribution >= 0.6 is 11.3 Å². The van der Waals surface area contributed by atoms with Crippen LogP contribution in [-0.4, -0.2) is 34.1 Å². The molecule has 0 radical (unpaired) electrons. The number of aromatic nitrogens is 2. The van der Waals surface area contributed by atoms with Crippen LogP contribution in [0, 0.1) is 0 Å². The van der Waals surface area contributed by atoms with Crippen LogP contribution in [0.15, 0.2) is 64.5 Å². The quantitative estimate of drug-likeness (QED) is 0.486. The Morgan fingerprint density at radius 2 is 2.00 bits per heavy atom. The molecule has 0 saturated heterocycles. The summed E-state index contributed by atoms with van der Waals surface area (Å²) < 4.78 is 11.1. The second-order valence-electron chi connectivity index (χ2n) is 6.45. The summed E-state index contributed by atoms with van der Waals surface area (Å²) in [4.78, 5) is 19.5. The van der Waals surface area contributed by atoms with E-state index in [1.54, 1.807) is 14.0 Å². The maximum absolute atomic E-state index is 12.7. The summed E-state index contributed by atoms with van der Waals surface area (Å²) in [5.41, 5.74) is 0. The first-order valence-electron chi connectivity index (χ1n) is 8.87. The summed E-state index contributed by atoms with van der Waals surface area (Å²) in [6.07, 6.45) is -0.633. The van der Waals surface area contributed by atoms with Gasteiger partial charge >= 0.3 is 0 Å². The molecular formula is C21H19N3O3S. The molecule has 1 atom stereocenters. The molecule has 142 valence electrons. The zero-order valence-corrected chi connectivity index (χ0v) is 16.3. The number of benzene rings is 2. The molecule has 0 aliphatic heterocycles. The number of hydrogen-bond donors (Lipinski definition) is 0. The molecule has 0 aliphatic rings. The fourth-order valence-corrected chi connectivity index (χ4v) is 3.56. The normalized spacial score (nSPS) is 12.1. The number of likely N-dealkylation sites (N-methyl/N-ethyl adjacent to an activating group) is 1. The second-order valence-corrected chi connectivity index (χ2v) is 7.40. The minimum atomic E-state index is -0.633. The molecule has 7 heteroatoms. The lowest BCUT2D eigenvalue weighted by atomic mass is 10.1. The monoisotopic (exact) mass is 393 g/mol. The molecule has 2 heterocycles. The second kappa shape index (κ2) is 7.82. The lowest BCUT2D eigenvalue weighted by molar-refractivity contribution is -0.137. The van der Waals surface area contributed by atoms with Crippen molar-refractivity contribution >= 4 is 28.0 Å². The highest BCUT2D eigenvalue weighted by atomic mass is 32.1. The van der Waals surface area contributed by atoms with Gasteiger partial charge in [-0.15, -0.1) is 11.3 Å². The number of hydrogen-bond acceptors (Lipinski definition) is 6. The Morgan fingerprint density at radius 3 is 2.79 bits per heavy atom. The van der Waals surface area contributed by atoms with Gasteiger partial charge in [-0.2, -0.15) is 4.98 Å². The molecule has 28 heavy (non-hydrogen) atoms. The highest BCUT2D eigenvalue weighted by molar-refractivity contribution is 7.13. The molecule has 0 N–H and O–H groups in total. The molecule has 0 spiro atoms. The minimum absolute atomic E-state index is 0.163. The van der Waals surface area contributed by atoms with Crippen molar-refractivity contribution in [2.75, 3.05) is 7.05 Å². The molecule has 1 amide bonds. The average molecular weight is 393 g/mol. The van der Waals surface area contributed by atoms with E-state index < -0.39 is 6.10 Å². The number of carbonyl (C=O) groups is 1. The highest BCUT2D eigenvalue weighted by Gasteiger charge is 2.21. The molecule has 0 unspecified atom stereocenters. The summed E-state index contributed by atoms with van der Waals surface area (Å²) >= 11 is 1.54. The van der Waals surface area contributed by atoms with E-state index in [1.165, 1.54) is 16.2 Å². The first-order chi connectivity index (χ1) is 13.6. The minimum Gasteiger partial charge on any atom is -0.481 e. The third-order valence-corrected chi connectivity index (χ3v) is 5.21. The van der Waals surface area contributed by atoms with E-state index >= 15 is 0 Å². The number of amides is 1. The standard InChI is InChI=1S/C21H19N3O3S/c1-14(26-17-10-9-15-6-3-4-7-16(15)12-17)21(25)24(2)13-19-22-20(23-27-19)18-8-5-11-28-18/h3-12,14H,13H2,1-2H3/t14-/m0/s1. The maximum Gasteiger partial charge on any atom is 0.263 e. The number of rotatable bonds is 6. The van der Waals surface area contributed by atoms with Crippen LogP contribution in [0.3, 0.4) is 0 Å². The number of ether oxygens (including phenoxy) is 1. The fourth-order valence-electron chi connectivity index (χ4n) is 2.91. The van der Waals surface area contributed by atoms with E-state index in [-0.39, 0.29) is 12.5 Å². The third-order valence-electron chi connectivity index (χ3n) is 4.34. The van der Waals surface area contributed by atoms with Crippen LogP contribution < -0.4 is 4.74 Å². The Bertz CT molecular complexity index is 1090. The molecule has 4 rings (SSSR count). The van der Waals surface area contributed by atoms with Crippen LogP contribution in [-0.2, 0) is 11.3 Å². The topological polar surface area (TPSA) is 68.5 Å². The Kier molecular flexibility index (Phi) is 5.08. The van der Waals surface area contributed by atoms with Crippen molar-refractivity contribution in [2.45, 2.75) is 19.6 Å². The van der Waals surface area contributed by atoms with Crippen molar-refractivity contribution in [2.24, 2.45) is 0 Å². The van der Waals surface area contributed by atoms with Gasteiger partial charge in [0, 0.05) is 7.05 Å². The lowest BCUT2D eigenvalue weighted by Crippen LogP contribution is -2.37. The predicted molar refractivity (Wildman–Crippen MR) is 108 cm³/mol. The van der Waals surface area contributed by atoms with E-state index in [0.717, 1.165) is 15.6 Å². The SMILES string of the molecule is C[C@H](Oc1ccc2ccccc2c1)C(=O)N(C)Cc1nc(-c2cccs2)no1. The molecular weight excluding hydrogens is 374 g/mol. The first-order valence-corrected chi connectivity index (χ1v) is 9.75. The van der Waals surface area contributed by atoms with Crippen molar-refractivity contribution in [3.8, 4) is 16.5 Å². The van der Waals surface area contributed by atoms with E-state index in [4.69, 9.17) is 9.26 Å². The molecule has 2 aromatic carbocycles. The third kappa shape index (κ3) is 3.89. The van der Waals surface area contributed by atoms with E-state index in [1.807, 2.05) is 60.0 Å². The Labute approximate surface area is 166 Å². The van der Waals surface area contributed by atoms with Crippen LogP contribution in [0.25, 0.3) is 21.5 Å². The zero-order chi connectivity index (χ0) is 19.5. The van der Waals surface area contributed by atoms with E-state index in [9.17, 15) is 4.79 Å². The lowest BCUT2D eigenvalue weighted by Gasteiger charge is -2.21. The summed E-state index contributed by atoms with van der Waals surface area (Å²) in [6, 6.07) is 17.7. The van der Waals surface area contributed by atoms with Gasteiger partial charge in [-0.05, 0) is 41.3 Å². The van der Waals surface area contributed by atoms with Crippen LogP contribution in [0.1, 0.15) is 12.8 Å². The molecule has 0 aliphatic carbocycles. The van der Waals surface area contributed by atoms with Gasteiger partial charge in [0.25, 0.3) is 5.91 Å². The average Bonchev–Trinajstić information content (AvgIpc) is 3.39. The fraction of sp³-hybridized carbons (Fsp3) is 0.190. The van der Waals surface area contributed by atoms with Gasteiger partial charge in [-0.1, -0.05) is 41.6 Å². The smallest absolute Gasteiger partial charge is 0.263 e. The summed E-state index contributed by atoms with van der Waals surface area (Å²) in [5.74, 6) is 1.42. The van der Waals surface area contributed by atoms with Gasteiger partial charge in [0.15, 0.2) is 6.10 Å². The Hall–Kier alpha value is -3.19. The summed E-state index contributed by atoms with van der Waals surface area (Å²) in [6.45, 7) is 1.96. The van der Waals surface area contributed by atoms with Gasteiger partial charge in [0.2, 0.25) is 11.7 Å². The van der Waals surface area contributed by atoms with Crippen LogP contribution in [0.5, 0.6) is 5.75 Å². The number of fused-ring (bicyclic) bond motifs is 1. The van der Waals surface area contributed by atoms with Crippen LogP contribution in [0.2, 0.25) is 0 Å². The van der Waals surface area contributed by atoms with Crippen molar-refractivity contribution in [1.82, 2.24) is 15.0 Å². The summed E-state index contributed by atoms with van der Waals surface area (Å²) in [5, 5.41) is 8.12. The highest BCUT2D eigenvalue weighted by Crippen LogP contribution is 2.23. The van der Waals surface area contributed by atoms with E-state index in [0.29, 0.717) is 17.5 Å². The Morgan fingerprint density at radius 1 is 1.18 bits per heavy atom. The van der Waals surface area contributed by atoms with Gasteiger partial charge in [0.1, 0.15) is 5.75 Å². The van der Waals surface area contributed by atoms with E-state index in [2.05, 4.69) is 10.1 Å². The number of thiophene rings is 1. The van der Waals surface area contributed by atoms with Crippen LogP contribution in [0.4, 0.5) is 0 Å². The summed E-state index contributed by atoms with van der Waals surface area (Å²) in [7, 11) is 1.69. The molecule has 0 saturated carbocycles. The molecule has 0 fully saturated rings. The van der Waals surface area contributed by atoms with Gasteiger partial charge in [-0.3, -0.25) is 4.79 Å². The predicted octanol–water partition coefficient (Wildman–Crippen LogP) is 4.38. The van der Waals surface area contributed by atoms with Gasteiger partial charge in [0.05, 0.1) is 11.4 Å². The van der Waals surface area contributed by atoms with Crippen molar-refractivity contribution in [1.29, 1.82) is 0 Å². The molecule has 6 nitrogen and oxygen atoms in total. The van der Waals surface area contributed by atoms with Crippen molar-refractivity contribution in [3.63, 3.8) is 0 Å². The maximum atomic E-state index is 12.7. The first kappa shape index (κ1) is 18.2. The number of nitrogens with zero attached hydrogens (tertiary/aromatic N) is 3. The molecule has 4 aromatic rings. The molecule has 0 bridgehead atoms. The molecule has 2 aromatic heterocycles. The number of carbonyl (C=O) groups excluding carboxylic acids is 1. The van der Waals surface area contributed by atoms with Gasteiger partial charge < -0.3 is 14.2 Å².